The Hall–Kier alpha value is -1.31. The Bertz CT molecular complexity index is 397. The lowest BCUT2D eigenvalue weighted by atomic mass is 9.97. The van der Waals surface area contributed by atoms with Crippen molar-refractivity contribution < 1.29 is 31.4 Å². The number of aliphatic hydroxyl groups is 1. The fourth-order valence-corrected chi connectivity index (χ4v) is 1.13. The highest BCUT2D eigenvalue weighted by Gasteiger charge is 2.72. The number of hydrogen-bond donors (Lipinski definition) is 1. The van der Waals surface area contributed by atoms with Gasteiger partial charge in [-0.2, -0.15) is 26.3 Å². The van der Waals surface area contributed by atoms with E-state index in [4.69, 9.17) is 5.11 Å². The van der Waals surface area contributed by atoms with Gasteiger partial charge in [-0.1, -0.05) is 6.07 Å². The molecule has 1 radical (unpaired) electrons. The van der Waals surface area contributed by atoms with Gasteiger partial charge in [0.05, 0.1) is 5.69 Å². The standard InChI is InChI=1S/C9H6F6NO/c1-5-3-2-4-6(16-5)7(17,8(10,11)12)9(13,14)15/h2-4,17H,1H2. The normalized spacial score (nSPS) is 13.9. The Morgan fingerprint density at radius 2 is 1.47 bits per heavy atom. The van der Waals surface area contributed by atoms with Crippen LogP contribution in [-0.4, -0.2) is 22.4 Å². The number of halogens is 6. The molecule has 1 aromatic rings. The average Bonchev–Trinajstić information content (AvgIpc) is 2.12. The van der Waals surface area contributed by atoms with Gasteiger partial charge in [-0.15, -0.1) is 0 Å². The van der Waals surface area contributed by atoms with Crippen molar-refractivity contribution >= 4 is 0 Å². The average molecular weight is 258 g/mol. The predicted octanol–water partition coefficient (Wildman–Crippen LogP) is 2.58. The van der Waals surface area contributed by atoms with E-state index in [9.17, 15) is 26.3 Å². The van der Waals surface area contributed by atoms with Gasteiger partial charge in [0.15, 0.2) is 0 Å². The largest absolute Gasteiger partial charge is 0.432 e. The maximum atomic E-state index is 12.4. The molecule has 0 aliphatic carbocycles. The van der Waals surface area contributed by atoms with Crippen LogP contribution in [0.4, 0.5) is 26.3 Å². The zero-order valence-corrected chi connectivity index (χ0v) is 8.10. The minimum Gasteiger partial charge on any atom is -0.368 e. The molecule has 2 nitrogen and oxygen atoms in total. The number of rotatable bonds is 1. The molecule has 95 valence electrons. The highest BCUT2D eigenvalue weighted by atomic mass is 19.4. The van der Waals surface area contributed by atoms with E-state index in [0.29, 0.717) is 6.07 Å². The second-order valence-corrected chi connectivity index (χ2v) is 3.22. The van der Waals surface area contributed by atoms with E-state index in [1.54, 1.807) is 0 Å². The summed E-state index contributed by atoms with van der Waals surface area (Å²) in [6, 6.07) is 2.44. The van der Waals surface area contributed by atoms with E-state index < -0.39 is 23.6 Å². The zero-order valence-electron chi connectivity index (χ0n) is 8.10. The van der Waals surface area contributed by atoms with Crippen LogP contribution in [-0.2, 0) is 5.60 Å². The summed E-state index contributed by atoms with van der Waals surface area (Å²) >= 11 is 0. The van der Waals surface area contributed by atoms with Crippen LogP contribution in [0.5, 0.6) is 0 Å². The van der Waals surface area contributed by atoms with Crippen molar-refractivity contribution in [3.8, 4) is 0 Å². The summed E-state index contributed by atoms with van der Waals surface area (Å²) in [6.07, 6.45) is -11.8. The van der Waals surface area contributed by atoms with Gasteiger partial charge in [0.1, 0.15) is 0 Å². The first-order chi connectivity index (χ1) is 7.50. The lowest BCUT2D eigenvalue weighted by molar-refractivity contribution is -0.377. The minimum absolute atomic E-state index is 0.311. The lowest BCUT2D eigenvalue weighted by Gasteiger charge is -2.31. The van der Waals surface area contributed by atoms with Gasteiger partial charge in [0.2, 0.25) is 0 Å². The van der Waals surface area contributed by atoms with Crippen molar-refractivity contribution in [1.82, 2.24) is 4.98 Å². The smallest absolute Gasteiger partial charge is 0.368 e. The van der Waals surface area contributed by atoms with Crippen LogP contribution in [0.1, 0.15) is 11.4 Å². The van der Waals surface area contributed by atoms with Crippen LogP contribution in [0.2, 0.25) is 0 Å². The predicted molar refractivity (Wildman–Crippen MR) is 44.7 cm³/mol. The van der Waals surface area contributed by atoms with Crippen LogP contribution in [0, 0.1) is 6.92 Å². The molecule has 0 aliphatic rings. The molecule has 0 saturated carbocycles. The van der Waals surface area contributed by atoms with Gasteiger partial charge >= 0.3 is 12.4 Å². The molecular weight excluding hydrogens is 252 g/mol. The Balaban J connectivity index is 3.46. The van der Waals surface area contributed by atoms with E-state index >= 15 is 0 Å². The van der Waals surface area contributed by atoms with Gasteiger partial charge in [-0.3, -0.25) is 4.98 Å². The molecule has 0 spiro atoms. The first-order valence-corrected chi connectivity index (χ1v) is 4.15. The highest BCUT2D eigenvalue weighted by Crippen LogP contribution is 2.49. The van der Waals surface area contributed by atoms with Crippen molar-refractivity contribution in [3.63, 3.8) is 0 Å². The van der Waals surface area contributed by atoms with E-state index in [0.717, 1.165) is 12.1 Å². The van der Waals surface area contributed by atoms with Crippen LogP contribution in [0.15, 0.2) is 18.2 Å². The molecule has 1 heterocycles. The van der Waals surface area contributed by atoms with Crippen molar-refractivity contribution in [2.75, 3.05) is 0 Å². The monoisotopic (exact) mass is 258 g/mol. The second-order valence-electron chi connectivity index (χ2n) is 3.22. The second kappa shape index (κ2) is 3.86. The molecule has 0 aliphatic heterocycles. The molecular formula is C9H6F6NO. The molecule has 8 heteroatoms. The van der Waals surface area contributed by atoms with E-state index in [1.165, 1.54) is 0 Å². The van der Waals surface area contributed by atoms with Crippen LogP contribution in [0.25, 0.3) is 0 Å². The minimum atomic E-state index is -5.92. The number of nitrogens with zero attached hydrogens (tertiary/aromatic N) is 1. The summed E-state index contributed by atoms with van der Waals surface area (Å²) in [7, 11) is 0. The molecule has 0 amide bonds. The van der Waals surface area contributed by atoms with Gasteiger partial charge in [0, 0.05) is 5.69 Å². The van der Waals surface area contributed by atoms with Crippen molar-refractivity contribution in [2.24, 2.45) is 0 Å². The highest BCUT2D eigenvalue weighted by molar-refractivity contribution is 5.22. The fourth-order valence-electron chi connectivity index (χ4n) is 1.13. The Morgan fingerprint density at radius 3 is 1.82 bits per heavy atom. The van der Waals surface area contributed by atoms with Crippen LogP contribution < -0.4 is 0 Å². The quantitative estimate of drug-likeness (QED) is 0.785. The van der Waals surface area contributed by atoms with Crippen molar-refractivity contribution in [1.29, 1.82) is 0 Å². The van der Waals surface area contributed by atoms with Crippen molar-refractivity contribution in [2.45, 2.75) is 18.0 Å². The van der Waals surface area contributed by atoms with E-state index in [2.05, 4.69) is 11.9 Å². The first-order valence-electron chi connectivity index (χ1n) is 4.15. The Morgan fingerprint density at radius 1 is 1.00 bits per heavy atom. The lowest BCUT2D eigenvalue weighted by Crippen LogP contribution is -2.54. The molecule has 1 N–H and O–H groups in total. The summed E-state index contributed by atoms with van der Waals surface area (Å²) < 4.78 is 74.3. The molecule has 1 aromatic heterocycles. The SMILES string of the molecule is [CH2]c1cccc(C(O)(C(F)(F)F)C(F)(F)F)n1. The molecule has 1 rings (SSSR count). The number of aromatic nitrogens is 1. The number of alkyl halides is 6. The van der Waals surface area contributed by atoms with Crippen LogP contribution >= 0.6 is 0 Å². The summed E-state index contributed by atoms with van der Waals surface area (Å²) in [5, 5.41) is 8.94. The molecule has 17 heavy (non-hydrogen) atoms. The topological polar surface area (TPSA) is 33.1 Å². The van der Waals surface area contributed by atoms with Crippen molar-refractivity contribution in [3.05, 3.63) is 36.5 Å². The first kappa shape index (κ1) is 13.8. The maximum Gasteiger partial charge on any atom is 0.432 e. The fraction of sp³-hybridized carbons (Fsp3) is 0.333. The molecule has 0 fully saturated rings. The number of hydrogen-bond acceptors (Lipinski definition) is 2. The zero-order chi connectivity index (χ0) is 13.5. The van der Waals surface area contributed by atoms with Gasteiger partial charge in [0.25, 0.3) is 5.60 Å². The third-order valence-corrected chi connectivity index (χ3v) is 2.00. The summed E-state index contributed by atoms with van der Waals surface area (Å²) in [4.78, 5) is 2.98. The maximum absolute atomic E-state index is 12.4. The number of pyridine rings is 1. The Kier molecular flexibility index (Phi) is 3.13. The molecule has 0 saturated heterocycles. The van der Waals surface area contributed by atoms with Gasteiger partial charge in [-0.05, 0) is 19.1 Å². The van der Waals surface area contributed by atoms with Gasteiger partial charge < -0.3 is 5.11 Å². The third kappa shape index (κ3) is 2.21. The van der Waals surface area contributed by atoms with Gasteiger partial charge in [-0.25, -0.2) is 0 Å². The molecule has 0 aromatic carbocycles. The van der Waals surface area contributed by atoms with E-state index in [-0.39, 0.29) is 5.69 Å². The summed E-state index contributed by atoms with van der Waals surface area (Å²) in [5.74, 6) is 0. The van der Waals surface area contributed by atoms with E-state index in [1.807, 2.05) is 0 Å². The molecule has 0 atom stereocenters. The third-order valence-electron chi connectivity index (χ3n) is 2.00. The molecule has 0 bridgehead atoms. The molecule has 0 unspecified atom stereocenters. The Labute approximate surface area is 91.9 Å². The summed E-state index contributed by atoms with van der Waals surface area (Å²) in [5.41, 5.74) is -6.85. The summed E-state index contributed by atoms with van der Waals surface area (Å²) in [6.45, 7) is 3.10. The van der Waals surface area contributed by atoms with Crippen LogP contribution in [0.3, 0.4) is 0 Å².